The lowest BCUT2D eigenvalue weighted by Gasteiger charge is -2.14. The molecule has 3 rings (SSSR count). The Bertz CT molecular complexity index is 1160. The SMILES string of the molecule is CCCCCCCCCCCCc1ccc(-c2ccc(-c3ncc(OC[C@H](C)OC(=O)CCCCCCC)cn3)cc2)cc1. The highest BCUT2D eigenvalue weighted by Gasteiger charge is 2.11. The molecule has 3 aromatic rings. The lowest BCUT2D eigenvalue weighted by molar-refractivity contribution is -0.149. The first-order valence-electron chi connectivity index (χ1n) is 17.4. The average molecular weight is 601 g/mol. The number of hydrogen-bond acceptors (Lipinski definition) is 5. The molecule has 1 atom stereocenters. The summed E-state index contributed by atoms with van der Waals surface area (Å²) in [5.74, 6) is 1.05. The number of unbranched alkanes of at least 4 members (excludes halogenated alkanes) is 13. The molecular weight excluding hydrogens is 544 g/mol. The van der Waals surface area contributed by atoms with Crippen LogP contribution in [0, 0.1) is 0 Å². The minimum atomic E-state index is -0.320. The van der Waals surface area contributed by atoms with E-state index in [1.54, 1.807) is 12.4 Å². The number of hydrogen-bond donors (Lipinski definition) is 0. The van der Waals surface area contributed by atoms with E-state index in [1.807, 2.05) is 6.92 Å². The van der Waals surface area contributed by atoms with Crippen LogP contribution in [-0.4, -0.2) is 28.6 Å². The van der Waals surface area contributed by atoms with Gasteiger partial charge in [-0.2, -0.15) is 0 Å². The van der Waals surface area contributed by atoms with Crippen LogP contribution in [0.4, 0.5) is 0 Å². The van der Waals surface area contributed by atoms with Crippen molar-refractivity contribution in [3.8, 4) is 28.3 Å². The normalized spacial score (nSPS) is 11.8. The number of benzene rings is 2. The number of nitrogens with zero attached hydrogens (tertiary/aromatic N) is 2. The summed E-state index contributed by atoms with van der Waals surface area (Å²) in [6.45, 7) is 6.59. The van der Waals surface area contributed by atoms with Crippen molar-refractivity contribution in [2.45, 2.75) is 136 Å². The van der Waals surface area contributed by atoms with Crippen LogP contribution in [-0.2, 0) is 16.0 Å². The van der Waals surface area contributed by atoms with Crippen molar-refractivity contribution >= 4 is 5.97 Å². The summed E-state index contributed by atoms with van der Waals surface area (Å²) in [6, 6.07) is 17.4. The summed E-state index contributed by atoms with van der Waals surface area (Å²) in [4.78, 5) is 21.0. The largest absolute Gasteiger partial charge is 0.486 e. The fourth-order valence-corrected chi connectivity index (χ4v) is 5.44. The average Bonchev–Trinajstić information content (AvgIpc) is 3.05. The van der Waals surface area contributed by atoms with Crippen LogP contribution in [0.2, 0.25) is 0 Å². The minimum Gasteiger partial charge on any atom is -0.486 e. The van der Waals surface area contributed by atoms with E-state index in [0.717, 1.165) is 24.8 Å². The van der Waals surface area contributed by atoms with Crippen molar-refractivity contribution in [2.24, 2.45) is 0 Å². The molecule has 0 bridgehead atoms. The van der Waals surface area contributed by atoms with Crippen LogP contribution in [0.25, 0.3) is 22.5 Å². The number of aromatic nitrogens is 2. The second kappa shape index (κ2) is 21.5. The maximum absolute atomic E-state index is 12.0. The predicted molar refractivity (Wildman–Crippen MR) is 183 cm³/mol. The third kappa shape index (κ3) is 14.1. The Hall–Kier alpha value is -3.21. The van der Waals surface area contributed by atoms with Gasteiger partial charge in [0.15, 0.2) is 11.6 Å². The van der Waals surface area contributed by atoms with Crippen LogP contribution in [0.3, 0.4) is 0 Å². The van der Waals surface area contributed by atoms with Gasteiger partial charge in [0.05, 0.1) is 12.4 Å². The molecule has 0 unspecified atom stereocenters. The van der Waals surface area contributed by atoms with Crippen LogP contribution in [0.1, 0.15) is 129 Å². The van der Waals surface area contributed by atoms with Crippen molar-refractivity contribution in [1.29, 1.82) is 0 Å². The molecule has 1 aromatic heterocycles. The third-order valence-corrected chi connectivity index (χ3v) is 8.18. The Morgan fingerprint density at radius 1 is 0.636 bits per heavy atom. The van der Waals surface area contributed by atoms with E-state index >= 15 is 0 Å². The van der Waals surface area contributed by atoms with Crippen LogP contribution < -0.4 is 4.74 Å². The van der Waals surface area contributed by atoms with Gasteiger partial charge in [-0.05, 0) is 42.9 Å². The van der Waals surface area contributed by atoms with Gasteiger partial charge in [-0.3, -0.25) is 4.79 Å². The molecule has 0 saturated heterocycles. The highest BCUT2D eigenvalue weighted by molar-refractivity contribution is 5.69. The Morgan fingerprint density at radius 3 is 1.68 bits per heavy atom. The molecule has 2 aromatic carbocycles. The molecule has 0 saturated carbocycles. The summed E-state index contributed by atoms with van der Waals surface area (Å²) >= 11 is 0. The molecule has 1 heterocycles. The van der Waals surface area contributed by atoms with Gasteiger partial charge in [0.2, 0.25) is 0 Å². The van der Waals surface area contributed by atoms with Crippen LogP contribution >= 0.6 is 0 Å². The fraction of sp³-hybridized carbons (Fsp3) is 0.564. The van der Waals surface area contributed by atoms with E-state index in [-0.39, 0.29) is 18.7 Å². The Balaban J connectivity index is 1.35. The van der Waals surface area contributed by atoms with Gasteiger partial charge in [-0.15, -0.1) is 0 Å². The van der Waals surface area contributed by atoms with E-state index in [4.69, 9.17) is 9.47 Å². The summed E-state index contributed by atoms with van der Waals surface area (Å²) in [7, 11) is 0. The highest BCUT2D eigenvalue weighted by Crippen LogP contribution is 2.24. The van der Waals surface area contributed by atoms with Gasteiger partial charge in [0.25, 0.3) is 0 Å². The van der Waals surface area contributed by atoms with E-state index in [9.17, 15) is 4.79 Å². The molecule has 44 heavy (non-hydrogen) atoms. The molecule has 5 heteroatoms. The van der Waals surface area contributed by atoms with Gasteiger partial charge in [-0.25, -0.2) is 9.97 Å². The lowest BCUT2D eigenvalue weighted by Crippen LogP contribution is -2.22. The van der Waals surface area contributed by atoms with Crippen LogP contribution in [0.15, 0.2) is 60.9 Å². The fourth-order valence-electron chi connectivity index (χ4n) is 5.44. The number of esters is 1. The molecule has 0 aliphatic carbocycles. The van der Waals surface area contributed by atoms with E-state index in [0.29, 0.717) is 18.0 Å². The molecule has 0 aliphatic rings. The standard InChI is InChI=1S/C39H56N2O3/c1-4-6-8-10-11-12-13-14-16-17-19-33-21-23-34(24-22-33)35-25-27-36(28-26-35)39-40-29-37(30-41-39)43-31-32(3)44-38(42)20-18-15-9-7-5-2/h21-30,32H,4-20,31H2,1-3H3/t32-/m0/s1. The van der Waals surface area contributed by atoms with Gasteiger partial charge in [-0.1, -0.05) is 146 Å². The molecule has 0 N–H and O–H groups in total. The first kappa shape index (κ1) is 35.3. The number of carbonyl (C=O) groups is 1. The van der Waals surface area contributed by atoms with Crippen molar-refractivity contribution in [3.63, 3.8) is 0 Å². The molecular formula is C39H56N2O3. The quantitative estimate of drug-likeness (QED) is 0.0800. The zero-order chi connectivity index (χ0) is 31.2. The Morgan fingerprint density at radius 2 is 1.11 bits per heavy atom. The number of carbonyl (C=O) groups excluding carboxylic acids is 1. The Kier molecular flexibility index (Phi) is 17.2. The third-order valence-electron chi connectivity index (χ3n) is 8.18. The lowest BCUT2D eigenvalue weighted by atomic mass is 9.99. The first-order valence-corrected chi connectivity index (χ1v) is 17.4. The smallest absolute Gasteiger partial charge is 0.306 e. The van der Waals surface area contributed by atoms with Gasteiger partial charge >= 0.3 is 5.97 Å². The predicted octanol–water partition coefficient (Wildman–Crippen LogP) is 10.9. The van der Waals surface area contributed by atoms with E-state index in [1.165, 1.54) is 100 Å². The molecule has 5 nitrogen and oxygen atoms in total. The monoisotopic (exact) mass is 600 g/mol. The zero-order valence-corrected chi connectivity index (χ0v) is 27.7. The zero-order valence-electron chi connectivity index (χ0n) is 27.7. The van der Waals surface area contributed by atoms with Crippen molar-refractivity contribution < 1.29 is 14.3 Å². The highest BCUT2D eigenvalue weighted by atomic mass is 16.6. The minimum absolute atomic E-state index is 0.159. The summed E-state index contributed by atoms with van der Waals surface area (Å²) in [5, 5.41) is 0. The summed E-state index contributed by atoms with van der Waals surface area (Å²) in [6.07, 6.45) is 24.0. The maximum Gasteiger partial charge on any atom is 0.306 e. The summed E-state index contributed by atoms with van der Waals surface area (Å²) in [5.41, 5.74) is 4.79. The summed E-state index contributed by atoms with van der Waals surface area (Å²) < 4.78 is 11.2. The Labute approximate surface area is 267 Å². The second-order valence-corrected chi connectivity index (χ2v) is 12.2. The van der Waals surface area contributed by atoms with Gasteiger partial charge in [0.1, 0.15) is 12.7 Å². The first-order chi connectivity index (χ1) is 21.6. The van der Waals surface area contributed by atoms with Gasteiger partial charge in [0, 0.05) is 12.0 Å². The number of rotatable bonds is 23. The topological polar surface area (TPSA) is 61.3 Å². The molecule has 0 radical (unpaired) electrons. The number of ether oxygens (including phenoxy) is 2. The van der Waals surface area contributed by atoms with Crippen LogP contribution in [0.5, 0.6) is 5.75 Å². The van der Waals surface area contributed by atoms with E-state index < -0.39 is 0 Å². The molecule has 0 aliphatic heterocycles. The van der Waals surface area contributed by atoms with Crippen molar-refractivity contribution in [3.05, 3.63) is 66.5 Å². The van der Waals surface area contributed by atoms with E-state index in [2.05, 4.69) is 72.3 Å². The van der Waals surface area contributed by atoms with Crippen molar-refractivity contribution in [1.82, 2.24) is 9.97 Å². The molecule has 0 fully saturated rings. The molecule has 240 valence electrons. The molecule has 0 amide bonds. The second-order valence-electron chi connectivity index (χ2n) is 12.2. The maximum atomic E-state index is 12.0. The van der Waals surface area contributed by atoms with Gasteiger partial charge < -0.3 is 9.47 Å². The van der Waals surface area contributed by atoms with Crippen molar-refractivity contribution in [2.75, 3.05) is 6.61 Å². The number of aryl methyl sites for hydroxylation is 1. The molecule has 0 spiro atoms.